The van der Waals surface area contributed by atoms with Crippen molar-refractivity contribution in [3.63, 3.8) is 0 Å². The summed E-state index contributed by atoms with van der Waals surface area (Å²) in [5, 5.41) is 7.00. The summed E-state index contributed by atoms with van der Waals surface area (Å²) in [6.07, 6.45) is 3.59. The zero-order valence-corrected chi connectivity index (χ0v) is 13.3. The summed E-state index contributed by atoms with van der Waals surface area (Å²) in [7, 11) is 0. The molecule has 23 heavy (non-hydrogen) atoms. The first kappa shape index (κ1) is 15.6. The van der Waals surface area contributed by atoms with Crippen molar-refractivity contribution < 1.29 is 9.53 Å². The van der Waals surface area contributed by atoms with Crippen LogP contribution in [0.2, 0.25) is 0 Å². The number of carbonyl (C=O) groups is 1. The van der Waals surface area contributed by atoms with E-state index in [9.17, 15) is 4.79 Å². The largest absolute Gasteiger partial charge is 0.450 e. The number of hydrogen-bond acceptors (Lipinski definition) is 4. The highest BCUT2D eigenvalue weighted by Gasteiger charge is 2.28. The van der Waals surface area contributed by atoms with Gasteiger partial charge < -0.3 is 9.64 Å². The molecule has 0 radical (unpaired) electrons. The van der Waals surface area contributed by atoms with E-state index in [2.05, 4.69) is 39.4 Å². The Morgan fingerprint density at radius 3 is 2.57 bits per heavy atom. The number of aromatic amines is 1. The van der Waals surface area contributed by atoms with E-state index in [1.807, 2.05) is 25.4 Å². The minimum absolute atomic E-state index is 0.152. The summed E-state index contributed by atoms with van der Waals surface area (Å²) in [6.45, 7) is 5.23. The van der Waals surface area contributed by atoms with Gasteiger partial charge >= 0.3 is 6.09 Å². The molecule has 1 atom stereocenters. The predicted molar refractivity (Wildman–Crippen MR) is 87.0 cm³/mol. The van der Waals surface area contributed by atoms with Gasteiger partial charge in [-0.1, -0.05) is 30.3 Å². The second kappa shape index (κ2) is 7.28. The Labute approximate surface area is 136 Å². The number of H-pyrrole nitrogens is 1. The maximum Gasteiger partial charge on any atom is 0.409 e. The number of carbonyl (C=O) groups excluding carboxylic acids is 1. The van der Waals surface area contributed by atoms with E-state index < -0.39 is 0 Å². The molecule has 1 saturated heterocycles. The Kier molecular flexibility index (Phi) is 4.92. The molecule has 1 aliphatic heterocycles. The standard InChI is InChI=1S/C17H22N4O2/c1-2-23-17(22)21-10-8-20(9-11-21)16(15-12-18-19-13-15)14-6-4-3-5-7-14/h3-7,12-13,16H,2,8-11H2,1H3,(H,18,19). The molecule has 6 heteroatoms. The van der Waals surface area contributed by atoms with Crippen LogP contribution in [0, 0.1) is 0 Å². The van der Waals surface area contributed by atoms with Gasteiger partial charge in [0.25, 0.3) is 0 Å². The van der Waals surface area contributed by atoms with Crippen molar-refractivity contribution in [2.24, 2.45) is 0 Å². The molecule has 3 rings (SSSR count). The quantitative estimate of drug-likeness (QED) is 0.940. The zero-order valence-electron chi connectivity index (χ0n) is 13.3. The second-order valence-electron chi connectivity index (χ2n) is 5.57. The first-order chi connectivity index (χ1) is 11.3. The normalized spacial score (nSPS) is 17.0. The van der Waals surface area contributed by atoms with Crippen molar-refractivity contribution in [1.29, 1.82) is 0 Å². The Bertz CT molecular complexity index is 607. The van der Waals surface area contributed by atoms with Crippen LogP contribution in [0.1, 0.15) is 24.1 Å². The molecule has 2 heterocycles. The Morgan fingerprint density at radius 2 is 1.96 bits per heavy atom. The molecule has 1 amide bonds. The molecular weight excluding hydrogens is 292 g/mol. The van der Waals surface area contributed by atoms with Crippen LogP contribution in [-0.2, 0) is 4.74 Å². The molecule has 1 aromatic carbocycles. The Balaban J connectivity index is 1.74. The van der Waals surface area contributed by atoms with E-state index in [1.54, 1.807) is 4.90 Å². The maximum absolute atomic E-state index is 11.8. The lowest BCUT2D eigenvalue weighted by Gasteiger charge is -2.38. The van der Waals surface area contributed by atoms with Crippen LogP contribution in [0.3, 0.4) is 0 Å². The van der Waals surface area contributed by atoms with Gasteiger partial charge in [0, 0.05) is 37.9 Å². The van der Waals surface area contributed by atoms with Crippen molar-refractivity contribution in [2.45, 2.75) is 13.0 Å². The van der Waals surface area contributed by atoms with Gasteiger partial charge in [0.15, 0.2) is 0 Å². The van der Waals surface area contributed by atoms with Gasteiger partial charge in [-0.05, 0) is 12.5 Å². The summed E-state index contributed by atoms with van der Waals surface area (Å²) < 4.78 is 5.09. The minimum atomic E-state index is -0.216. The van der Waals surface area contributed by atoms with E-state index >= 15 is 0 Å². The fourth-order valence-electron chi connectivity index (χ4n) is 3.04. The Morgan fingerprint density at radius 1 is 1.22 bits per heavy atom. The summed E-state index contributed by atoms with van der Waals surface area (Å²) in [5.74, 6) is 0. The number of aromatic nitrogens is 2. The van der Waals surface area contributed by atoms with Gasteiger partial charge in [-0.3, -0.25) is 10.00 Å². The third-order valence-corrected chi connectivity index (χ3v) is 4.16. The highest BCUT2D eigenvalue weighted by atomic mass is 16.6. The monoisotopic (exact) mass is 314 g/mol. The van der Waals surface area contributed by atoms with Crippen LogP contribution < -0.4 is 0 Å². The third kappa shape index (κ3) is 3.53. The van der Waals surface area contributed by atoms with Crippen LogP contribution in [0.4, 0.5) is 4.79 Å². The summed E-state index contributed by atoms with van der Waals surface area (Å²) in [5.41, 5.74) is 2.37. The zero-order chi connectivity index (χ0) is 16.1. The number of ether oxygens (including phenoxy) is 1. The molecule has 1 fully saturated rings. The fourth-order valence-corrected chi connectivity index (χ4v) is 3.04. The fraction of sp³-hybridized carbons (Fsp3) is 0.412. The average molecular weight is 314 g/mol. The first-order valence-electron chi connectivity index (χ1n) is 7.99. The van der Waals surface area contributed by atoms with E-state index in [0.717, 1.165) is 18.7 Å². The summed E-state index contributed by atoms with van der Waals surface area (Å²) in [6, 6.07) is 10.5. The van der Waals surface area contributed by atoms with E-state index in [4.69, 9.17) is 4.74 Å². The number of hydrogen-bond donors (Lipinski definition) is 1. The van der Waals surface area contributed by atoms with Crippen LogP contribution in [0.15, 0.2) is 42.7 Å². The Hall–Kier alpha value is -2.34. The number of piperazine rings is 1. The van der Waals surface area contributed by atoms with Crippen LogP contribution in [0.5, 0.6) is 0 Å². The molecule has 2 aromatic rings. The van der Waals surface area contributed by atoms with Gasteiger partial charge in [-0.15, -0.1) is 0 Å². The molecular formula is C17H22N4O2. The SMILES string of the molecule is CCOC(=O)N1CCN(C(c2ccccc2)c2cn[nH]c2)CC1. The first-order valence-corrected chi connectivity index (χ1v) is 7.99. The number of nitrogens with one attached hydrogen (secondary N) is 1. The smallest absolute Gasteiger partial charge is 0.409 e. The summed E-state index contributed by atoms with van der Waals surface area (Å²) >= 11 is 0. The maximum atomic E-state index is 11.8. The van der Waals surface area contributed by atoms with Gasteiger partial charge in [0.1, 0.15) is 0 Å². The number of benzene rings is 1. The molecule has 1 unspecified atom stereocenters. The lowest BCUT2D eigenvalue weighted by molar-refractivity contribution is 0.0715. The van der Waals surface area contributed by atoms with Gasteiger partial charge in [-0.2, -0.15) is 5.10 Å². The van der Waals surface area contributed by atoms with Crippen molar-refractivity contribution in [2.75, 3.05) is 32.8 Å². The molecule has 0 saturated carbocycles. The van der Waals surface area contributed by atoms with E-state index in [-0.39, 0.29) is 12.1 Å². The highest BCUT2D eigenvalue weighted by Crippen LogP contribution is 2.28. The summed E-state index contributed by atoms with van der Waals surface area (Å²) in [4.78, 5) is 16.0. The van der Waals surface area contributed by atoms with Gasteiger partial charge in [0.2, 0.25) is 0 Å². The molecule has 0 aliphatic carbocycles. The topological polar surface area (TPSA) is 61.5 Å². The molecule has 1 aliphatic rings. The van der Waals surface area contributed by atoms with Gasteiger partial charge in [-0.25, -0.2) is 4.79 Å². The predicted octanol–water partition coefficient (Wildman–Crippen LogP) is 2.27. The molecule has 1 N–H and O–H groups in total. The van der Waals surface area contributed by atoms with E-state index in [0.29, 0.717) is 19.7 Å². The lowest BCUT2D eigenvalue weighted by atomic mass is 9.99. The average Bonchev–Trinajstić information content (AvgIpc) is 3.11. The number of amides is 1. The van der Waals surface area contributed by atoms with Crippen molar-refractivity contribution in [3.05, 3.63) is 53.9 Å². The highest BCUT2D eigenvalue weighted by molar-refractivity contribution is 5.67. The van der Waals surface area contributed by atoms with Crippen molar-refractivity contribution in [3.8, 4) is 0 Å². The molecule has 0 bridgehead atoms. The number of rotatable bonds is 4. The lowest BCUT2D eigenvalue weighted by Crippen LogP contribution is -2.50. The molecule has 122 valence electrons. The van der Waals surface area contributed by atoms with Gasteiger partial charge in [0.05, 0.1) is 18.8 Å². The number of nitrogens with zero attached hydrogens (tertiary/aromatic N) is 3. The third-order valence-electron chi connectivity index (χ3n) is 4.16. The van der Waals surface area contributed by atoms with E-state index in [1.165, 1.54) is 5.56 Å². The second-order valence-corrected chi connectivity index (χ2v) is 5.57. The molecule has 0 spiro atoms. The van der Waals surface area contributed by atoms with Crippen LogP contribution in [0.25, 0.3) is 0 Å². The molecule has 6 nitrogen and oxygen atoms in total. The van der Waals surface area contributed by atoms with Crippen LogP contribution in [-0.4, -0.2) is 58.9 Å². The van der Waals surface area contributed by atoms with Crippen LogP contribution >= 0.6 is 0 Å². The minimum Gasteiger partial charge on any atom is -0.450 e. The molecule has 1 aromatic heterocycles. The van der Waals surface area contributed by atoms with Crippen molar-refractivity contribution in [1.82, 2.24) is 20.0 Å². The van der Waals surface area contributed by atoms with Crippen molar-refractivity contribution >= 4 is 6.09 Å².